The predicted molar refractivity (Wildman–Crippen MR) is 307 cm³/mol. The van der Waals surface area contributed by atoms with Gasteiger partial charge in [0, 0.05) is 79.9 Å². The molecule has 14 rings (SSSR count). The lowest BCUT2D eigenvalue weighted by atomic mass is 9.43. The molecule has 0 atom stereocenters. The topological polar surface area (TPSA) is 6.48 Å². The monoisotopic (exact) mass is 942 g/mol. The molecule has 2 nitrogen and oxygen atoms in total. The van der Waals surface area contributed by atoms with Gasteiger partial charge in [-0.15, -0.1) is 22.7 Å². The Morgan fingerprint density at radius 1 is 0.443 bits per heavy atom. The number of hydrogen-bond donors (Lipinski definition) is 0. The molecule has 0 amide bonds. The van der Waals surface area contributed by atoms with Crippen molar-refractivity contribution in [3.8, 4) is 22.3 Å². The molecule has 8 aromatic carbocycles. The van der Waals surface area contributed by atoms with Crippen LogP contribution >= 0.6 is 22.7 Å². The third kappa shape index (κ3) is 5.91. The van der Waals surface area contributed by atoms with E-state index in [4.69, 9.17) is 0 Å². The molecule has 5 heteroatoms. The van der Waals surface area contributed by atoms with Crippen LogP contribution < -0.4 is 20.6 Å². The number of nitrogens with zero attached hydrogens (tertiary/aromatic N) is 2. The lowest BCUT2D eigenvalue weighted by molar-refractivity contribution is 0.332. The number of anilines is 5. The fourth-order valence-corrected chi connectivity index (χ4v) is 15.9. The summed E-state index contributed by atoms with van der Waals surface area (Å²) >= 11 is 3.92. The van der Waals surface area contributed by atoms with E-state index in [-0.39, 0.29) is 28.5 Å². The summed E-state index contributed by atoms with van der Waals surface area (Å²) < 4.78 is 5.40. The summed E-state index contributed by atoms with van der Waals surface area (Å²) in [5.41, 5.74) is 22.0. The first kappa shape index (κ1) is 42.7. The SMILES string of the molecule is Cc1cc2c(cc1N1c3ccc(-c4ccccc4)cc3B3c4c1cc1c(sc5ccccc51)c4-c1c(ccc4sc5ccccc5c14)N3c1ccc3c(c1)C(C)(C)CCC3(C)C)C(C)(C)CCC2(C)C. The summed E-state index contributed by atoms with van der Waals surface area (Å²) in [7, 11) is 0. The average Bonchev–Trinajstić information content (AvgIpc) is 3.93. The fraction of sp³-hybridized carbons (Fsp3) is 0.262. The van der Waals surface area contributed by atoms with E-state index in [2.05, 4.69) is 218 Å². The van der Waals surface area contributed by atoms with E-state index in [9.17, 15) is 0 Å². The molecular weight excluding hydrogens is 884 g/mol. The van der Waals surface area contributed by atoms with Gasteiger partial charge in [0.25, 0.3) is 0 Å². The maximum absolute atomic E-state index is 2.79. The molecule has 0 fully saturated rings. The molecule has 0 N–H and O–H groups in total. The Bertz CT molecular complexity index is 3880. The highest BCUT2D eigenvalue weighted by Gasteiger charge is 2.49. The molecule has 4 heterocycles. The van der Waals surface area contributed by atoms with E-state index < -0.39 is 0 Å². The zero-order valence-corrected chi connectivity index (χ0v) is 43.6. The summed E-state index contributed by atoms with van der Waals surface area (Å²) in [6.07, 6.45) is 4.72. The molecular formula is C65H59BN2S2. The highest BCUT2D eigenvalue weighted by molar-refractivity contribution is 7.27. The minimum atomic E-state index is -0.115. The third-order valence-corrected chi connectivity index (χ3v) is 20.0. The van der Waals surface area contributed by atoms with Crippen molar-refractivity contribution < 1.29 is 0 Å². The molecule has 2 aliphatic heterocycles. The summed E-state index contributed by atoms with van der Waals surface area (Å²) in [5.74, 6) is 0. The third-order valence-electron chi connectivity index (χ3n) is 17.7. The van der Waals surface area contributed by atoms with Gasteiger partial charge in [-0.1, -0.05) is 146 Å². The van der Waals surface area contributed by atoms with E-state index in [1.807, 2.05) is 22.7 Å². The lowest BCUT2D eigenvalue weighted by Crippen LogP contribution is -2.61. The van der Waals surface area contributed by atoms with Crippen molar-refractivity contribution in [2.45, 2.75) is 110 Å². The smallest absolute Gasteiger partial charge is 0.333 e. The Kier molecular flexibility index (Phi) is 8.84. The first-order valence-corrected chi connectivity index (χ1v) is 27.3. The molecule has 0 saturated heterocycles. The lowest BCUT2D eigenvalue weighted by Gasteiger charge is -2.48. The highest BCUT2D eigenvalue weighted by atomic mass is 32.1. The zero-order chi connectivity index (χ0) is 47.8. The molecule has 0 bridgehead atoms. The molecule has 0 unspecified atom stereocenters. The number of aryl methyl sites for hydroxylation is 1. The molecule has 70 heavy (non-hydrogen) atoms. The van der Waals surface area contributed by atoms with Crippen LogP contribution in [0, 0.1) is 6.92 Å². The molecule has 2 aliphatic carbocycles. The van der Waals surface area contributed by atoms with Crippen LogP contribution in [-0.2, 0) is 21.7 Å². The molecule has 4 aliphatic rings. The van der Waals surface area contributed by atoms with E-state index in [1.54, 1.807) is 0 Å². The first-order valence-electron chi connectivity index (χ1n) is 25.6. The first-order chi connectivity index (χ1) is 33.6. The molecule has 0 spiro atoms. The van der Waals surface area contributed by atoms with Gasteiger partial charge in [0.05, 0.1) is 0 Å². The van der Waals surface area contributed by atoms with Crippen molar-refractivity contribution in [2.24, 2.45) is 0 Å². The number of thiophene rings is 2. The predicted octanol–water partition coefficient (Wildman–Crippen LogP) is 17.8. The molecule has 0 saturated carbocycles. The Balaban J connectivity index is 1.17. The van der Waals surface area contributed by atoms with Crippen LogP contribution in [-0.4, -0.2) is 6.85 Å². The van der Waals surface area contributed by atoms with E-state index in [1.165, 1.54) is 155 Å². The standard InChI is InChI=1S/C65H59BN2S2/c1-38-33-46-48(65(8,9)32-31-63(46,4)5)37-52(38)67-50-26-23-40(39-17-11-10-12-18-39)34-49(50)66-60-53(67)36-44-42-19-13-15-21-54(42)70-61(44)59(60)58-51(27-28-56-57(58)43-20-14-16-22-55(43)69-56)68(66)41-24-25-45-47(35-41)64(6,7)30-29-62(45,2)3/h10-28,33-37H,29-32H2,1-9H3. The van der Waals surface area contributed by atoms with Crippen LogP contribution in [0.3, 0.4) is 0 Å². The largest absolute Gasteiger partial charge is 0.376 e. The van der Waals surface area contributed by atoms with Gasteiger partial charge in [-0.3, -0.25) is 0 Å². The number of fused-ring (bicyclic) bond motifs is 14. The summed E-state index contributed by atoms with van der Waals surface area (Å²) in [6, 6.07) is 57.1. The second-order valence-electron chi connectivity index (χ2n) is 23.8. The minimum Gasteiger partial charge on any atom is -0.376 e. The van der Waals surface area contributed by atoms with E-state index in [0.29, 0.717) is 0 Å². The second kappa shape index (κ2) is 14.5. The molecule has 2 aromatic heterocycles. The van der Waals surface area contributed by atoms with Gasteiger partial charge >= 0.3 is 6.85 Å². The van der Waals surface area contributed by atoms with E-state index >= 15 is 0 Å². The van der Waals surface area contributed by atoms with Gasteiger partial charge < -0.3 is 9.71 Å². The van der Waals surface area contributed by atoms with Crippen molar-refractivity contribution in [3.63, 3.8) is 0 Å². The molecule has 344 valence electrons. The van der Waals surface area contributed by atoms with Crippen LogP contribution in [0.1, 0.15) is 109 Å². The number of rotatable bonds is 3. The van der Waals surface area contributed by atoms with Gasteiger partial charge in [0.1, 0.15) is 0 Å². The maximum Gasteiger partial charge on any atom is 0.333 e. The van der Waals surface area contributed by atoms with Crippen LogP contribution in [0.5, 0.6) is 0 Å². The Hall–Kier alpha value is -6.14. The van der Waals surface area contributed by atoms with Crippen molar-refractivity contribution in [1.29, 1.82) is 0 Å². The number of benzene rings is 8. The second-order valence-corrected chi connectivity index (χ2v) is 25.9. The Morgan fingerprint density at radius 3 is 1.79 bits per heavy atom. The normalized spacial score (nSPS) is 17.9. The van der Waals surface area contributed by atoms with Crippen LogP contribution in [0.2, 0.25) is 0 Å². The van der Waals surface area contributed by atoms with Crippen molar-refractivity contribution >= 4 is 109 Å². The summed E-state index contributed by atoms with van der Waals surface area (Å²) in [4.78, 5) is 5.51. The van der Waals surface area contributed by atoms with Crippen molar-refractivity contribution in [3.05, 3.63) is 173 Å². The van der Waals surface area contributed by atoms with Gasteiger partial charge in [-0.2, -0.15) is 0 Å². The zero-order valence-electron chi connectivity index (χ0n) is 42.0. The molecule has 0 radical (unpaired) electrons. The minimum absolute atomic E-state index is 0.0490. The maximum atomic E-state index is 2.79. The van der Waals surface area contributed by atoms with Gasteiger partial charge in [-0.25, -0.2) is 0 Å². The quantitative estimate of drug-likeness (QED) is 0.163. The molecule has 10 aromatic rings. The fourth-order valence-electron chi connectivity index (χ4n) is 13.5. The summed E-state index contributed by atoms with van der Waals surface area (Å²) in [6.45, 7) is 22.0. The van der Waals surface area contributed by atoms with Gasteiger partial charge in [0.15, 0.2) is 0 Å². The highest BCUT2D eigenvalue weighted by Crippen LogP contribution is 2.57. The number of hydrogen-bond acceptors (Lipinski definition) is 4. The van der Waals surface area contributed by atoms with E-state index in [0.717, 1.165) is 0 Å². The van der Waals surface area contributed by atoms with Gasteiger partial charge in [0.2, 0.25) is 0 Å². The Morgan fingerprint density at radius 2 is 1.06 bits per heavy atom. The summed E-state index contributed by atoms with van der Waals surface area (Å²) in [5, 5.41) is 5.39. The average molecular weight is 943 g/mol. The van der Waals surface area contributed by atoms with Crippen LogP contribution in [0.25, 0.3) is 62.6 Å². The Labute approximate surface area is 421 Å². The van der Waals surface area contributed by atoms with Crippen LogP contribution in [0.15, 0.2) is 146 Å². The van der Waals surface area contributed by atoms with Gasteiger partial charge in [-0.05, 0) is 159 Å². The van der Waals surface area contributed by atoms with Crippen LogP contribution in [0.4, 0.5) is 28.4 Å². The van der Waals surface area contributed by atoms with Crippen molar-refractivity contribution in [1.82, 2.24) is 0 Å². The van der Waals surface area contributed by atoms with Crippen molar-refractivity contribution in [2.75, 3.05) is 9.71 Å².